The van der Waals surface area contributed by atoms with E-state index in [0.717, 1.165) is 10.9 Å². The highest BCUT2D eigenvalue weighted by atomic mass is 16.5. The second-order valence-electron chi connectivity index (χ2n) is 4.80. The van der Waals surface area contributed by atoms with Crippen LogP contribution in [0.2, 0.25) is 0 Å². The maximum Gasteiger partial charge on any atom is 0.338 e. The zero-order chi connectivity index (χ0) is 13.2. The van der Waals surface area contributed by atoms with Crippen molar-refractivity contribution >= 4 is 16.9 Å². The Balaban J connectivity index is 1.81. The fourth-order valence-electron chi connectivity index (χ4n) is 1.91. The van der Waals surface area contributed by atoms with Crippen LogP contribution in [0.5, 0.6) is 5.88 Å². The van der Waals surface area contributed by atoms with E-state index in [0.29, 0.717) is 24.0 Å². The van der Waals surface area contributed by atoms with Crippen molar-refractivity contribution in [3.05, 3.63) is 35.9 Å². The topological polar surface area (TPSA) is 48.4 Å². The van der Waals surface area contributed by atoms with Gasteiger partial charge in [0.2, 0.25) is 5.88 Å². The first-order chi connectivity index (χ1) is 9.26. The first-order valence-electron chi connectivity index (χ1n) is 6.38. The van der Waals surface area contributed by atoms with Crippen molar-refractivity contribution in [1.82, 2.24) is 4.98 Å². The van der Waals surface area contributed by atoms with Gasteiger partial charge < -0.3 is 9.47 Å². The third kappa shape index (κ3) is 2.67. The lowest BCUT2D eigenvalue weighted by Gasteiger charge is -2.05. The molecule has 2 aromatic rings. The minimum atomic E-state index is -0.260. The number of methoxy groups -OCH3 is 1. The van der Waals surface area contributed by atoms with E-state index in [1.165, 1.54) is 12.8 Å². The summed E-state index contributed by atoms with van der Waals surface area (Å²) in [6.45, 7) is 0.539. The summed E-state index contributed by atoms with van der Waals surface area (Å²) >= 11 is 0. The van der Waals surface area contributed by atoms with Gasteiger partial charge in [-0.25, -0.2) is 9.78 Å². The molecule has 0 atom stereocenters. The van der Waals surface area contributed by atoms with Crippen molar-refractivity contribution in [2.24, 2.45) is 5.92 Å². The zero-order valence-corrected chi connectivity index (χ0v) is 10.8. The molecule has 1 aliphatic rings. The van der Waals surface area contributed by atoms with E-state index in [1.54, 1.807) is 25.3 Å². The van der Waals surface area contributed by atoms with Crippen molar-refractivity contribution in [2.45, 2.75) is 12.8 Å². The van der Waals surface area contributed by atoms with Gasteiger partial charge in [-0.15, -0.1) is 0 Å². The van der Waals surface area contributed by atoms with Gasteiger partial charge >= 0.3 is 5.97 Å². The van der Waals surface area contributed by atoms with E-state index in [-0.39, 0.29) is 5.97 Å². The SMILES string of the molecule is COc1ccc2cc(C(=O)OCC3CC3)ccc2n1. The minimum Gasteiger partial charge on any atom is -0.481 e. The molecule has 19 heavy (non-hydrogen) atoms. The summed E-state index contributed by atoms with van der Waals surface area (Å²) in [6, 6.07) is 9.02. The molecule has 0 spiro atoms. The van der Waals surface area contributed by atoms with Crippen LogP contribution in [0.15, 0.2) is 30.3 Å². The van der Waals surface area contributed by atoms with Gasteiger partial charge in [-0.05, 0) is 43.0 Å². The van der Waals surface area contributed by atoms with Crippen molar-refractivity contribution in [1.29, 1.82) is 0 Å². The summed E-state index contributed by atoms with van der Waals surface area (Å²) in [5.41, 5.74) is 1.37. The number of benzene rings is 1. The normalized spacial score (nSPS) is 14.4. The van der Waals surface area contributed by atoms with Crippen LogP contribution in [-0.2, 0) is 4.74 Å². The van der Waals surface area contributed by atoms with Gasteiger partial charge in [-0.1, -0.05) is 0 Å². The van der Waals surface area contributed by atoms with E-state index in [1.807, 2.05) is 12.1 Å². The summed E-state index contributed by atoms with van der Waals surface area (Å²) in [7, 11) is 1.58. The van der Waals surface area contributed by atoms with Crippen LogP contribution in [0.25, 0.3) is 10.9 Å². The lowest BCUT2D eigenvalue weighted by molar-refractivity contribution is 0.0486. The highest BCUT2D eigenvalue weighted by Crippen LogP contribution is 2.29. The van der Waals surface area contributed by atoms with Crippen molar-refractivity contribution < 1.29 is 14.3 Å². The third-order valence-corrected chi connectivity index (χ3v) is 3.26. The number of hydrogen-bond donors (Lipinski definition) is 0. The molecule has 0 bridgehead atoms. The van der Waals surface area contributed by atoms with Gasteiger partial charge in [0.05, 0.1) is 24.8 Å². The molecule has 0 unspecified atom stereocenters. The monoisotopic (exact) mass is 257 g/mol. The molecule has 0 N–H and O–H groups in total. The van der Waals surface area contributed by atoms with Gasteiger partial charge in [0.1, 0.15) is 0 Å². The summed E-state index contributed by atoms with van der Waals surface area (Å²) in [4.78, 5) is 16.2. The van der Waals surface area contributed by atoms with Gasteiger partial charge in [-0.2, -0.15) is 0 Å². The van der Waals surface area contributed by atoms with Crippen LogP contribution < -0.4 is 4.74 Å². The Labute approximate surface area is 111 Å². The van der Waals surface area contributed by atoms with Crippen LogP contribution in [0.3, 0.4) is 0 Å². The lowest BCUT2D eigenvalue weighted by Crippen LogP contribution is -2.07. The van der Waals surface area contributed by atoms with Crippen LogP contribution in [0.4, 0.5) is 0 Å². The van der Waals surface area contributed by atoms with Crippen molar-refractivity contribution in [3.8, 4) is 5.88 Å². The third-order valence-electron chi connectivity index (χ3n) is 3.26. The maximum absolute atomic E-state index is 11.9. The number of hydrogen-bond acceptors (Lipinski definition) is 4. The van der Waals surface area contributed by atoms with Gasteiger partial charge in [0, 0.05) is 11.5 Å². The molecule has 1 saturated carbocycles. The first-order valence-corrected chi connectivity index (χ1v) is 6.38. The number of aromatic nitrogens is 1. The second kappa shape index (κ2) is 4.88. The molecule has 0 amide bonds. The minimum absolute atomic E-state index is 0.260. The lowest BCUT2D eigenvalue weighted by atomic mass is 10.1. The standard InChI is InChI=1S/C15H15NO3/c1-18-14-7-5-11-8-12(4-6-13(11)16-14)15(17)19-9-10-2-3-10/h4-8,10H,2-3,9H2,1H3. The number of rotatable bonds is 4. The Morgan fingerprint density at radius 1 is 1.32 bits per heavy atom. The molecule has 1 fully saturated rings. The van der Waals surface area contributed by atoms with Crippen LogP contribution in [-0.4, -0.2) is 24.7 Å². The van der Waals surface area contributed by atoms with Crippen molar-refractivity contribution in [2.75, 3.05) is 13.7 Å². The zero-order valence-electron chi connectivity index (χ0n) is 10.8. The van der Waals surface area contributed by atoms with Gasteiger partial charge in [-0.3, -0.25) is 0 Å². The van der Waals surface area contributed by atoms with E-state index in [9.17, 15) is 4.79 Å². The molecule has 1 heterocycles. The second-order valence-corrected chi connectivity index (χ2v) is 4.80. The van der Waals surface area contributed by atoms with Crippen LogP contribution in [0.1, 0.15) is 23.2 Å². The molecule has 4 heteroatoms. The molecule has 0 radical (unpaired) electrons. The molecule has 0 aliphatic heterocycles. The highest BCUT2D eigenvalue weighted by molar-refractivity contribution is 5.94. The number of carbonyl (C=O) groups excluding carboxylic acids is 1. The van der Waals surface area contributed by atoms with E-state index in [4.69, 9.17) is 9.47 Å². The fraction of sp³-hybridized carbons (Fsp3) is 0.333. The van der Waals surface area contributed by atoms with E-state index in [2.05, 4.69) is 4.98 Å². The predicted octanol–water partition coefficient (Wildman–Crippen LogP) is 2.81. The number of carbonyl (C=O) groups is 1. The largest absolute Gasteiger partial charge is 0.481 e. The molecule has 1 aromatic heterocycles. The first kappa shape index (κ1) is 12.0. The van der Waals surface area contributed by atoms with E-state index >= 15 is 0 Å². The Morgan fingerprint density at radius 3 is 2.89 bits per heavy atom. The maximum atomic E-state index is 11.9. The molecule has 3 rings (SSSR count). The van der Waals surface area contributed by atoms with E-state index < -0.39 is 0 Å². The Hall–Kier alpha value is -2.10. The molecule has 1 aliphatic carbocycles. The molecule has 98 valence electrons. The molecule has 1 aromatic carbocycles. The molecule has 4 nitrogen and oxygen atoms in total. The average molecular weight is 257 g/mol. The number of pyridine rings is 1. The van der Waals surface area contributed by atoms with Crippen LogP contribution in [0, 0.1) is 5.92 Å². The smallest absolute Gasteiger partial charge is 0.338 e. The summed E-state index contributed by atoms with van der Waals surface area (Å²) < 4.78 is 10.3. The van der Waals surface area contributed by atoms with Gasteiger partial charge in [0.15, 0.2) is 0 Å². The van der Waals surface area contributed by atoms with Crippen molar-refractivity contribution in [3.63, 3.8) is 0 Å². The summed E-state index contributed by atoms with van der Waals surface area (Å²) in [5, 5.41) is 0.904. The number of nitrogens with zero attached hydrogens (tertiary/aromatic N) is 1. The number of ether oxygens (including phenoxy) is 2. The molecular weight excluding hydrogens is 242 g/mol. The molecule has 0 saturated heterocycles. The van der Waals surface area contributed by atoms with Gasteiger partial charge in [0.25, 0.3) is 0 Å². The number of esters is 1. The Kier molecular flexibility index (Phi) is 3.07. The molecular formula is C15H15NO3. The Bertz CT molecular complexity index is 620. The summed E-state index contributed by atoms with van der Waals surface area (Å²) in [5.74, 6) is 0.886. The fourth-order valence-corrected chi connectivity index (χ4v) is 1.91. The Morgan fingerprint density at radius 2 is 2.16 bits per heavy atom. The average Bonchev–Trinajstić information content (AvgIpc) is 3.27. The highest BCUT2D eigenvalue weighted by Gasteiger charge is 2.23. The quantitative estimate of drug-likeness (QED) is 0.790. The van der Waals surface area contributed by atoms with Crippen LogP contribution >= 0.6 is 0 Å². The predicted molar refractivity (Wildman–Crippen MR) is 71.3 cm³/mol. The summed E-state index contributed by atoms with van der Waals surface area (Å²) in [6.07, 6.45) is 2.35. The number of fused-ring (bicyclic) bond motifs is 1.